The molecule has 0 radical (unpaired) electrons. The molecule has 0 unspecified atom stereocenters. The highest BCUT2D eigenvalue weighted by Crippen LogP contribution is 2.18. The molecule has 1 aromatic heterocycles. The molecule has 3 aromatic rings. The molecule has 0 saturated heterocycles. The summed E-state index contributed by atoms with van der Waals surface area (Å²) < 4.78 is 15.1. The number of nitrogens with zero attached hydrogens (tertiary/aromatic N) is 3. The van der Waals surface area contributed by atoms with Gasteiger partial charge >= 0.3 is 0 Å². The number of halogens is 2. The van der Waals surface area contributed by atoms with Crippen LogP contribution in [0.4, 0.5) is 4.39 Å². The molecule has 26 heavy (non-hydrogen) atoms. The average Bonchev–Trinajstić information content (AvgIpc) is 3.08. The third kappa shape index (κ3) is 4.11. The van der Waals surface area contributed by atoms with Gasteiger partial charge in [-0.05, 0) is 42.8 Å². The summed E-state index contributed by atoms with van der Waals surface area (Å²) in [7, 11) is 0. The first kappa shape index (κ1) is 18.1. The zero-order valence-corrected chi connectivity index (χ0v) is 15.2. The Morgan fingerprint density at radius 1 is 1.19 bits per heavy atom. The van der Waals surface area contributed by atoms with Gasteiger partial charge in [0.1, 0.15) is 11.6 Å². The molecule has 0 bridgehead atoms. The fourth-order valence-corrected chi connectivity index (χ4v) is 2.91. The molecular formula is C20H19ClFN3O. The summed E-state index contributed by atoms with van der Waals surface area (Å²) in [5.74, 6) is 0.252. The molecule has 1 amide bonds. The highest BCUT2D eigenvalue weighted by Gasteiger charge is 2.17. The van der Waals surface area contributed by atoms with Gasteiger partial charge < -0.3 is 9.47 Å². The van der Waals surface area contributed by atoms with Gasteiger partial charge in [-0.3, -0.25) is 4.79 Å². The lowest BCUT2D eigenvalue weighted by Crippen LogP contribution is -2.31. The van der Waals surface area contributed by atoms with E-state index in [1.165, 1.54) is 24.3 Å². The van der Waals surface area contributed by atoms with E-state index >= 15 is 0 Å². The number of imidazole rings is 1. The number of hydrogen-bond acceptors (Lipinski definition) is 2. The second-order valence-corrected chi connectivity index (χ2v) is 6.30. The molecule has 0 N–H and O–H groups in total. The number of hydrogen-bond donors (Lipinski definition) is 0. The molecule has 0 fully saturated rings. The van der Waals surface area contributed by atoms with E-state index in [0.717, 1.165) is 11.4 Å². The van der Waals surface area contributed by atoms with Crippen molar-refractivity contribution in [2.75, 3.05) is 6.54 Å². The van der Waals surface area contributed by atoms with Gasteiger partial charge in [0.05, 0.1) is 13.1 Å². The van der Waals surface area contributed by atoms with E-state index in [0.29, 0.717) is 30.2 Å². The van der Waals surface area contributed by atoms with Gasteiger partial charge in [0.15, 0.2) is 0 Å². The summed E-state index contributed by atoms with van der Waals surface area (Å²) in [5, 5.41) is 0.696. The lowest BCUT2D eigenvalue weighted by molar-refractivity contribution is 0.0747. The second-order valence-electron chi connectivity index (χ2n) is 5.89. The molecule has 0 aliphatic heterocycles. The first-order valence-corrected chi connectivity index (χ1v) is 8.74. The van der Waals surface area contributed by atoms with Crippen molar-refractivity contribution in [3.05, 3.63) is 88.7 Å². The van der Waals surface area contributed by atoms with Crippen LogP contribution < -0.4 is 0 Å². The van der Waals surface area contributed by atoms with Crippen molar-refractivity contribution in [2.24, 2.45) is 0 Å². The Morgan fingerprint density at radius 3 is 2.62 bits per heavy atom. The number of benzene rings is 2. The minimum atomic E-state index is -0.361. The first-order valence-electron chi connectivity index (χ1n) is 8.36. The highest BCUT2D eigenvalue weighted by atomic mass is 35.5. The van der Waals surface area contributed by atoms with Crippen LogP contribution in [-0.4, -0.2) is 26.9 Å². The van der Waals surface area contributed by atoms with E-state index in [4.69, 9.17) is 11.6 Å². The van der Waals surface area contributed by atoms with Crippen LogP contribution in [-0.2, 0) is 13.1 Å². The number of carbonyl (C=O) groups excluding carboxylic acids is 1. The molecule has 4 nitrogen and oxygen atoms in total. The summed E-state index contributed by atoms with van der Waals surface area (Å²) in [6, 6.07) is 13.2. The van der Waals surface area contributed by atoms with E-state index in [1.807, 2.05) is 42.0 Å². The van der Waals surface area contributed by atoms with Crippen LogP contribution in [0.25, 0.3) is 0 Å². The van der Waals surface area contributed by atoms with E-state index in [9.17, 15) is 9.18 Å². The molecule has 3 rings (SSSR count). The van der Waals surface area contributed by atoms with Gasteiger partial charge in [0.2, 0.25) is 0 Å². The fourth-order valence-electron chi connectivity index (χ4n) is 2.72. The van der Waals surface area contributed by atoms with Gasteiger partial charge in [0, 0.05) is 29.5 Å². The van der Waals surface area contributed by atoms with Gasteiger partial charge in [-0.15, -0.1) is 0 Å². The third-order valence-corrected chi connectivity index (χ3v) is 4.56. The standard InChI is InChI=1S/C20H19ClFN3O/c1-2-24(20(26)15-7-9-17(22)10-8-15)14-19-23-11-12-25(19)13-16-5-3-4-6-18(16)21/h3-12H,2,13-14H2,1H3. The molecule has 0 saturated carbocycles. The highest BCUT2D eigenvalue weighted by molar-refractivity contribution is 6.31. The van der Waals surface area contributed by atoms with Crippen LogP contribution in [0.1, 0.15) is 28.7 Å². The van der Waals surface area contributed by atoms with Crippen molar-refractivity contribution in [3.63, 3.8) is 0 Å². The van der Waals surface area contributed by atoms with Crippen LogP contribution in [0.3, 0.4) is 0 Å². The second kappa shape index (κ2) is 8.15. The van der Waals surface area contributed by atoms with Crippen LogP contribution in [0.5, 0.6) is 0 Å². The molecule has 134 valence electrons. The number of carbonyl (C=O) groups is 1. The smallest absolute Gasteiger partial charge is 0.254 e. The summed E-state index contributed by atoms with van der Waals surface area (Å²) >= 11 is 6.24. The molecule has 6 heteroatoms. The molecule has 0 aliphatic rings. The number of amides is 1. The van der Waals surface area contributed by atoms with Gasteiger partial charge in [-0.1, -0.05) is 29.8 Å². The summed E-state index contributed by atoms with van der Waals surface area (Å²) in [6.07, 6.45) is 3.58. The minimum absolute atomic E-state index is 0.153. The van der Waals surface area contributed by atoms with Gasteiger partial charge in [0.25, 0.3) is 5.91 Å². The predicted molar refractivity (Wildman–Crippen MR) is 99.6 cm³/mol. The van der Waals surface area contributed by atoms with Crippen LogP contribution in [0.15, 0.2) is 60.9 Å². The summed E-state index contributed by atoms with van der Waals surface area (Å²) in [5.41, 5.74) is 1.44. The van der Waals surface area contributed by atoms with E-state index in [-0.39, 0.29) is 11.7 Å². The largest absolute Gasteiger partial charge is 0.331 e. The first-order chi connectivity index (χ1) is 12.6. The molecular weight excluding hydrogens is 353 g/mol. The Balaban J connectivity index is 1.77. The molecule has 0 aliphatic carbocycles. The van der Waals surface area contributed by atoms with Gasteiger partial charge in [-0.25, -0.2) is 9.37 Å². The zero-order chi connectivity index (χ0) is 18.5. The zero-order valence-electron chi connectivity index (χ0n) is 14.4. The maximum atomic E-state index is 13.1. The Labute approximate surface area is 156 Å². The fraction of sp³-hybridized carbons (Fsp3) is 0.200. The van der Waals surface area contributed by atoms with Crippen LogP contribution in [0, 0.1) is 5.82 Å². The van der Waals surface area contributed by atoms with Crippen molar-refractivity contribution < 1.29 is 9.18 Å². The van der Waals surface area contributed by atoms with E-state index in [2.05, 4.69) is 4.98 Å². The molecule has 0 spiro atoms. The maximum absolute atomic E-state index is 13.1. The van der Waals surface area contributed by atoms with Gasteiger partial charge in [-0.2, -0.15) is 0 Å². The lowest BCUT2D eigenvalue weighted by atomic mass is 10.2. The lowest BCUT2D eigenvalue weighted by Gasteiger charge is -2.21. The normalized spacial score (nSPS) is 10.7. The Kier molecular flexibility index (Phi) is 5.68. The van der Waals surface area contributed by atoms with E-state index in [1.54, 1.807) is 11.1 Å². The Morgan fingerprint density at radius 2 is 1.92 bits per heavy atom. The van der Waals surface area contributed by atoms with Crippen LogP contribution in [0.2, 0.25) is 5.02 Å². The van der Waals surface area contributed by atoms with Crippen molar-refractivity contribution in [2.45, 2.75) is 20.0 Å². The predicted octanol–water partition coefficient (Wildman–Crippen LogP) is 4.39. The Bertz CT molecular complexity index is 892. The quantitative estimate of drug-likeness (QED) is 0.644. The maximum Gasteiger partial charge on any atom is 0.254 e. The summed E-state index contributed by atoms with van der Waals surface area (Å²) in [4.78, 5) is 18.7. The molecule has 2 aromatic carbocycles. The Hall–Kier alpha value is -2.66. The average molecular weight is 372 g/mol. The SMILES string of the molecule is CCN(Cc1nccn1Cc1ccccc1Cl)C(=O)c1ccc(F)cc1. The molecule has 1 heterocycles. The van der Waals surface area contributed by atoms with Crippen molar-refractivity contribution in [1.82, 2.24) is 14.5 Å². The van der Waals surface area contributed by atoms with E-state index < -0.39 is 0 Å². The number of aromatic nitrogens is 2. The van der Waals surface area contributed by atoms with Crippen molar-refractivity contribution in [1.29, 1.82) is 0 Å². The van der Waals surface area contributed by atoms with Crippen molar-refractivity contribution >= 4 is 17.5 Å². The number of rotatable bonds is 6. The van der Waals surface area contributed by atoms with Crippen LogP contribution >= 0.6 is 11.6 Å². The summed E-state index contributed by atoms with van der Waals surface area (Å²) in [6.45, 7) is 3.37. The minimum Gasteiger partial charge on any atom is -0.331 e. The third-order valence-electron chi connectivity index (χ3n) is 4.19. The molecule has 0 atom stereocenters. The topological polar surface area (TPSA) is 38.1 Å². The van der Waals surface area contributed by atoms with Crippen molar-refractivity contribution in [3.8, 4) is 0 Å². The monoisotopic (exact) mass is 371 g/mol.